The van der Waals surface area contributed by atoms with Gasteiger partial charge in [-0.1, -0.05) is 6.07 Å². The van der Waals surface area contributed by atoms with Crippen LogP contribution >= 0.6 is 0 Å². The molecule has 1 aromatic carbocycles. The summed E-state index contributed by atoms with van der Waals surface area (Å²) in [7, 11) is -3.85. The van der Waals surface area contributed by atoms with E-state index in [1.54, 1.807) is 30.7 Å². The van der Waals surface area contributed by atoms with Gasteiger partial charge in [-0.2, -0.15) is 5.10 Å². The highest BCUT2D eigenvalue weighted by atomic mass is 32.2. The van der Waals surface area contributed by atoms with E-state index in [9.17, 15) is 13.5 Å². The Morgan fingerprint density at radius 1 is 1.17 bits per heavy atom. The molecule has 0 saturated carbocycles. The molecule has 0 aliphatic heterocycles. The van der Waals surface area contributed by atoms with Crippen LogP contribution in [0.1, 0.15) is 37.7 Å². The maximum Gasteiger partial charge on any atom is 0.265 e. The predicted molar refractivity (Wildman–Crippen MR) is 90.3 cm³/mol. The van der Waals surface area contributed by atoms with E-state index in [0.29, 0.717) is 11.4 Å². The van der Waals surface area contributed by atoms with E-state index in [4.69, 9.17) is 0 Å². The van der Waals surface area contributed by atoms with Gasteiger partial charge in [-0.3, -0.25) is 9.40 Å². The number of anilines is 1. The Morgan fingerprint density at radius 3 is 2.30 bits per heavy atom. The molecular weight excluding hydrogens is 314 g/mol. The number of aryl methyl sites for hydroxylation is 2. The number of sulfonamides is 1. The summed E-state index contributed by atoms with van der Waals surface area (Å²) in [5.74, 6) is -0.113. The molecule has 0 spiro atoms. The van der Waals surface area contributed by atoms with E-state index in [-0.39, 0.29) is 21.9 Å². The third-order valence-corrected chi connectivity index (χ3v) is 5.14. The monoisotopic (exact) mass is 337 g/mol. The lowest BCUT2D eigenvalue weighted by molar-refractivity contribution is 0.345. The van der Waals surface area contributed by atoms with Crippen molar-refractivity contribution in [2.24, 2.45) is 0 Å². The van der Waals surface area contributed by atoms with E-state index in [1.165, 1.54) is 6.07 Å². The summed E-state index contributed by atoms with van der Waals surface area (Å²) in [6.07, 6.45) is 0. The van der Waals surface area contributed by atoms with Crippen LogP contribution in [-0.4, -0.2) is 23.3 Å². The first-order chi connectivity index (χ1) is 10.4. The molecule has 6 nitrogen and oxygen atoms in total. The van der Waals surface area contributed by atoms with Crippen LogP contribution in [-0.2, 0) is 15.6 Å². The highest BCUT2D eigenvalue weighted by Crippen LogP contribution is 2.30. The maximum atomic E-state index is 12.8. The van der Waals surface area contributed by atoms with Gasteiger partial charge >= 0.3 is 0 Å². The molecule has 126 valence electrons. The quantitative estimate of drug-likeness (QED) is 0.843. The van der Waals surface area contributed by atoms with E-state index in [2.05, 4.69) is 9.82 Å². The Labute approximate surface area is 137 Å². The van der Waals surface area contributed by atoms with Gasteiger partial charge < -0.3 is 5.11 Å². The lowest BCUT2D eigenvalue weighted by Crippen LogP contribution is -2.25. The molecule has 0 radical (unpaired) electrons. The summed E-state index contributed by atoms with van der Waals surface area (Å²) < 4.78 is 29.7. The lowest BCUT2D eigenvalue weighted by Gasteiger charge is -2.21. The average Bonchev–Trinajstić information content (AvgIpc) is 2.69. The number of phenolic OH excluding ortho intramolecular Hbond substituents is 1. The van der Waals surface area contributed by atoms with Crippen molar-refractivity contribution in [3.63, 3.8) is 0 Å². The van der Waals surface area contributed by atoms with E-state index >= 15 is 0 Å². The smallest absolute Gasteiger partial charge is 0.265 e. The summed E-state index contributed by atoms with van der Waals surface area (Å²) in [6, 6.07) is 4.76. The van der Waals surface area contributed by atoms with Crippen LogP contribution in [0.2, 0.25) is 0 Å². The minimum atomic E-state index is -3.85. The first-order valence-electron chi connectivity index (χ1n) is 7.32. The normalized spacial score (nSPS) is 12.4. The number of aromatic hydroxyl groups is 1. The maximum absolute atomic E-state index is 12.8. The Morgan fingerprint density at radius 2 is 1.78 bits per heavy atom. The SMILES string of the molecule is Cc1ccc(O)c(NS(=O)(=O)c2c(C)nn(C(C)(C)C)c2C)c1. The Bertz CT molecular complexity index is 846. The zero-order valence-electron chi connectivity index (χ0n) is 14.3. The number of rotatable bonds is 3. The van der Waals surface area contributed by atoms with Crippen LogP contribution < -0.4 is 4.72 Å². The van der Waals surface area contributed by atoms with Gasteiger partial charge in [0.2, 0.25) is 0 Å². The summed E-state index contributed by atoms with van der Waals surface area (Å²) in [5, 5.41) is 14.2. The van der Waals surface area contributed by atoms with Gasteiger partial charge in [0.1, 0.15) is 10.6 Å². The molecule has 1 aromatic heterocycles. The van der Waals surface area contributed by atoms with Gasteiger partial charge in [0, 0.05) is 0 Å². The van der Waals surface area contributed by atoms with Gasteiger partial charge in [-0.05, 0) is 59.2 Å². The van der Waals surface area contributed by atoms with Gasteiger partial charge in [0.15, 0.2) is 0 Å². The highest BCUT2D eigenvalue weighted by molar-refractivity contribution is 7.92. The molecule has 7 heteroatoms. The number of nitrogens with zero attached hydrogens (tertiary/aromatic N) is 2. The third kappa shape index (κ3) is 3.34. The van der Waals surface area contributed by atoms with Crippen molar-refractivity contribution in [3.05, 3.63) is 35.2 Å². The lowest BCUT2D eigenvalue weighted by atomic mass is 10.1. The number of hydrogen-bond donors (Lipinski definition) is 2. The topological polar surface area (TPSA) is 84.2 Å². The number of nitrogens with one attached hydrogen (secondary N) is 1. The largest absolute Gasteiger partial charge is 0.506 e. The van der Waals surface area contributed by atoms with E-state index in [0.717, 1.165) is 5.56 Å². The Hall–Kier alpha value is -2.02. The van der Waals surface area contributed by atoms with Gasteiger partial charge in [-0.15, -0.1) is 0 Å². The van der Waals surface area contributed by atoms with E-state index in [1.807, 2.05) is 27.7 Å². The van der Waals surface area contributed by atoms with Crippen LogP contribution in [0.15, 0.2) is 23.1 Å². The van der Waals surface area contributed by atoms with Crippen LogP contribution in [0, 0.1) is 20.8 Å². The third-order valence-electron chi connectivity index (χ3n) is 3.53. The molecule has 0 bridgehead atoms. The van der Waals surface area contributed by atoms with Gasteiger partial charge in [-0.25, -0.2) is 8.42 Å². The first-order valence-corrected chi connectivity index (χ1v) is 8.81. The molecular formula is C16H23N3O3S. The first kappa shape index (κ1) is 17.3. The molecule has 0 unspecified atom stereocenters. The molecule has 2 N–H and O–H groups in total. The second kappa shape index (κ2) is 5.56. The van der Waals surface area contributed by atoms with Gasteiger partial charge in [0.25, 0.3) is 10.0 Å². The van der Waals surface area contributed by atoms with Gasteiger partial charge in [0.05, 0.1) is 22.6 Å². The average molecular weight is 337 g/mol. The van der Waals surface area contributed by atoms with Crippen LogP contribution in [0.25, 0.3) is 0 Å². The molecule has 1 heterocycles. The molecule has 0 atom stereocenters. The molecule has 2 aromatic rings. The van der Waals surface area contributed by atoms with Crippen molar-refractivity contribution in [2.45, 2.75) is 52.0 Å². The number of phenols is 1. The summed E-state index contributed by atoms with van der Waals surface area (Å²) in [5.41, 5.74) is 1.67. The molecule has 23 heavy (non-hydrogen) atoms. The van der Waals surface area contributed by atoms with Crippen molar-refractivity contribution < 1.29 is 13.5 Å². The fraction of sp³-hybridized carbons (Fsp3) is 0.438. The zero-order chi connectivity index (χ0) is 17.6. The fourth-order valence-electron chi connectivity index (χ4n) is 2.60. The second-order valence-corrected chi connectivity index (χ2v) is 8.33. The standard InChI is InChI=1S/C16H23N3O3S/c1-10-7-8-14(20)13(9-10)18-23(21,22)15-11(2)17-19(12(15)3)16(4,5)6/h7-9,18,20H,1-6H3. The fourth-order valence-corrected chi connectivity index (χ4v) is 4.06. The zero-order valence-corrected chi connectivity index (χ0v) is 15.1. The molecule has 0 aliphatic carbocycles. The summed E-state index contributed by atoms with van der Waals surface area (Å²) in [4.78, 5) is 0.147. The number of benzene rings is 1. The van der Waals surface area contributed by atoms with E-state index < -0.39 is 10.0 Å². The second-order valence-electron chi connectivity index (χ2n) is 6.71. The van der Waals surface area contributed by atoms with Crippen molar-refractivity contribution >= 4 is 15.7 Å². The molecule has 0 amide bonds. The van der Waals surface area contributed by atoms with Crippen molar-refractivity contribution in [2.75, 3.05) is 4.72 Å². The highest BCUT2D eigenvalue weighted by Gasteiger charge is 2.29. The molecule has 2 rings (SSSR count). The molecule has 0 saturated heterocycles. The predicted octanol–water partition coefficient (Wildman–Crippen LogP) is 3.07. The van der Waals surface area contributed by atoms with Crippen LogP contribution in [0.3, 0.4) is 0 Å². The number of hydrogen-bond acceptors (Lipinski definition) is 4. The molecule has 0 aliphatic rings. The Balaban J connectivity index is 2.53. The minimum Gasteiger partial charge on any atom is -0.506 e. The van der Waals surface area contributed by atoms with Crippen LogP contribution in [0.5, 0.6) is 5.75 Å². The number of aromatic nitrogens is 2. The summed E-state index contributed by atoms with van der Waals surface area (Å²) >= 11 is 0. The van der Waals surface area contributed by atoms with Crippen molar-refractivity contribution in [1.29, 1.82) is 0 Å². The Kier molecular flexibility index (Phi) is 4.19. The van der Waals surface area contributed by atoms with Crippen molar-refractivity contribution in [1.82, 2.24) is 9.78 Å². The molecule has 0 fully saturated rings. The minimum absolute atomic E-state index is 0.113. The summed E-state index contributed by atoms with van der Waals surface area (Å²) in [6.45, 7) is 11.1. The van der Waals surface area contributed by atoms with Crippen LogP contribution in [0.4, 0.5) is 5.69 Å². The van der Waals surface area contributed by atoms with Crippen molar-refractivity contribution in [3.8, 4) is 5.75 Å².